The highest BCUT2D eigenvalue weighted by Crippen LogP contribution is 2.23. The molecule has 2 aromatic rings. The lowest BCUT2D eigenvalue weighted by Crippen LogP contribution is -2.36. The zero-order valence-electron chi connectivity index (χ0n) is 17.0. The zero-order valence-corrected chi connectivity index (χ0v) is 17.7. The van der Waals surface area contributed by atoms with E-state index in [-0.39, 0.29) is 24.4 Å². The second-order valence-electron chi connectivity index (χ2n) is 7.72. The van der Waals surface area contributed by atoms with E-state index in [1.807, 2.05) is 32.0 Å². The van der Waals surface area contributed by atoms with E-state index in [4.69, 9.17) is 11.6 Å². The molecule has 0 atom stereocenters. The van der Waals surface area contributed by atoms with Crippen molar-refractivity contribution in [3.05, 3.63) is 58.1 Å². The fourth-order valence-electron chi connectivity index (χ4n) is 3.65. The fraction of sp³-hybridized carbons (Fsp3) is 0.391. The van der Waals surface area contributed by atoms with Gasteiger partial charge in [-0.1, -0.05) is 48.6 Å². The summed E-state index contributed by atoms with van der Waals surface area (Å²) >= 11 is 6.24. The van der Waals surface area contributed by atoms with Gasteiger partial charge in [-0.2, -0.15) is 0 Å². The summed E-state index contributed by atoms with van der Waals surface area (Å²) in [5.41, 5.74) is 4.08. The molecule has 1 saturated carbocycles. The van der Waals surface area contributed by atoms with Crippen LogP contribution in [0.2, 0.25) is 5.02 Å². The van der Waals surface area contributed by atoms with Gasteiger partial charge in [0.2, 0.25) is 5.91 Å². The molecule has 0 unspecified atom stereocenters. The molecule has 3 rings (SSSR count). The first kappa shape index (κ1) is 21.2. The van der Waals surface area contributed by atoms with Crippen molar-refractivity contribution in [2.45, 2.75) is 52.0 Å². The van der Waals surface area contributed by atoms with Gasteiger partial charge in [0.25, 0.3) is 5.91 Å². The van der Waals surface area contributed by atoms with Crippen molar-refractivity contribution in [1.82, 2.24) is 5.32 Å². The third-order valence-electron chi connectivity index (χ3n) is 5.26. The first-order valence-corrected chi connectivity index (χ1v) is 10.5. The lowest BCUT2D eigenvalue weighted by atomic mass is 9.95. The SMILES string of the molecule is Cc1ccc(NC(=O)CNc2ccc(Cl)c(C(=O)NC3CCCCC3)c2)c(C)c1. The Kier molecular flexibility index (Phi) is 7.15. The van der Waals surface area contributed by atoms with Crippen LogP contribution in [0, 0.1) is 13.8 Å². The van der Waals surface area contributed by atoms with Gasteiger partial charge in [-0.3, -0.25) is 9.59 Å². The number of anilines is 2. The number of amides is 2. The molecule has 29 heavy (non-hydrogen) atoms. The van der Waals surface area contributed by atoms with Gasteiger partial charge in [0.1, 0.15) is 0 Å². The number of carbonyl (C=O) groups excluding carboxylic acids is 2. The summed E-state index contributed by atoms with van der Waals surface area (Å²) in [5.74, 6) is -0.314. The Morgan fingerprint density at radius 1 is 1.03 bits per heavy atom. The molecule has 3 N–H and O–H groups in total. The molecule has 0 radical (unpaired) electrons. The van der Waals surface area contributed by atoms with Crippen LogP contribution in [0.15, 0.2) is 36.4 Å². The Bertz CT molecular complexity index is 892. The van der Waals surface area contributed by atoms with E-state index in [0.717, 1.165) is 42.5 Å². The largest absolute Gasteiger partial charge is 0.376 e. The summed E-state index contributed by atoms with van der Waals surface area (Å²) < 4.78 is 0. The summed E-state index contributed by atoms with van der Waals surface area (Å²) in [7, 11) is 0. The van der Waals surface area contributed by atoms with Gasteiger partial charge in [-0.05, 0) is 56.5 Å². The molecule has 5 nitrogen and oxygen atoms in total. The van der Waals surface area contributed by atoms with Crippen molar-refractivity contribution in [2.75, 3.05) is 17.2 Å². The number of nitrogens with one attached hydrogen (secondary N) is 3. The molecule has 1 fully saturated rings. The van der Waals surface area contributed by atoms with Crippen LogP contribution in [-0.2, 0) is 4.79 Å². The summed E-state index contributed by atoms with van der Waals surface area (Å²) in [5, 5.41) is 9.46. The maximum atomic E-state index is 12.6. The van der Waals surface area contributed by atoms with Crippen LogP contribution in [0.5, 0.6) is 0 Å². The van der Waals surface area contributed by atoms with Crippen LogP contribution in [0.1, 0.15) is 53.6 Å². The minimum Gasteiger partial charge on any atom is -0.376 e. The maximum Gasteiger partial charge on any atom is 0.253 e. The minimum atomic E-state index is -0.162. The normalized spacial score (nSPS) is 14.3. The quantitative estimate of drug-likeness (QED) is 0.619. The second kappa shape index (κ2) is 9.79. The summed E-state index contributed by atoms with van der Waals surface area (Å²) in [6.07, 6.45) is 5.56. The molecule has 2 amide bonds. The molecule has 0 heterocycles. The Labute approximate surface area is 177 Å². The van der Waals surface area contributed by atoms with Crippen LogP contribution in [0.25, 0.3) is 0 Å². The highest BCUT2D eigenvalue weighted by molar-refractivity contribution is 6.34. The summed E-state index contributed by atoms with van der Waals surface area (Å²) in [6, 6.07) is 11.3. The molecule has 6 heteroatoms. The maximum absolute atomic E-state index is 12.6. The molecule has 2 aromatic carbocycles. The minimum absolute atomic E-state index is 0.0959. The molecule has 0 spiro atoms. The lowest BCUT2D eigenvalue weighted by Gasteiger charge is -2.23. The number of hydrogen-bond acceptors (Lipinski definition) is 3. The van der Waals surface area contributed by atoms with Gasteiger partial charge in [0.05, 0.1) is 17.1 Å². The number of aryl methyl sites for hydroxylation is 2. The molecular weight excluding hydrogens is 386 g/mol. The highest BCUT2D eigenvalue weighted by atomic mass is 35.5. The van der Waals surface area contributed by atoms with Crippen molar-refractivity contribution in [3.63, 3.8) is 0 Å². The number of halogens is 1. The highest BCUT2D eigenvalue weighted by Gasteiger charge is 2.18. The number of hydrogen-bond donors (Lipinski definition) is 3. The van der Waals surface area contributed by atoms with Crippen LogP contribution >= 0.6 is 11.6 Å². The van der Waals surface area contributed by atoms with Crippen molar-refractivity contribution in [3.8, 4) is 0 Å². The van der Waals surface area contributed by atoms with Crippen molar-refractivity contribution in [2.24, 2.45) is 0 Å². The van der Waals surface area contributed by atoms with E-state index in [9.17, 15) is 9.59 Å². The van der Waals surface area contributed by atoms with Crippen LogP contribution < -0.4 is 16.0 Å². The summed E-state index contributed by atoms with van der Waals surface area (Å²) in [6.45, 7) is 4.08. The average molecular weight is 414 g/mol. The monoisotopic (exact) mass is 413 g/mol. The summed E-state index contributed by atoms with van der Waals surface area (Å²) in [4.78, 5) is 24.9. The van der Waals surface area contributed by atoms with Gasteiger partial charge in [0, 0.05) is 17.4 Å². The molecule has 154 valence electrons. The van der Waals surface area contributed by atoms with Gasteiger partial charge in [-0.15, -0.1) is 0 Å². The molecule has 0 bridgehead atoms. The van der Waals surface area contributed by atoms with Crippen LogP contribution in [-0.4, -0.2) is 24.4 Å². The first-order chi connectivity index (χ1) is 13.9. The fourth-order valence-corrected chi connectivity index (χ4v) is 3.85. The number of benzene rings is 2. The third kappa shape index (κ3) is 5.97. The number of rotatable bonds is 6. The predicted molar refractivity (Wildman–Crippen MR) is 119 cm³/mol. The lowest BCUT2D eigenvalue weighted by molar-refractivity contribution is -0.114. The van der Waals surface area contributed by atoms with Crippen LogP contribution in [0.3, 0.4) is 0 Å². The zero-order chi connectivity index (χ0) is 20.8. The van der Waals surface area contributed by atoms with Gasteiger partial charge >= 0.3 is 0 Å². The smallest absolute Gasteiger partial charge is 0.253 e. The van der Waals surface area contributed by atoms with E-state index < -0.39 is 0 Å². The van der Waals surface area contributed by atoms with Gasteiger partial charge in [0.15, 0.2) is 0 Å². The first-order valence-electron chi connectivity index (χ1n) is 10.1. The van der Waals surface area contributed by atoms with Crippen molar-refractivity contribution >= 4 is 34.8 Å². The van der Waals surface area contributed by atoms with E-state index >= 15 is 0 Å². The van der Waals surface area contributed by atoms with E-state index in [0.29, 0.717) is 16.3 Å². The second-order valence-corrected chi connectivity index (χ2v) is 8.13. The Morgan fingerprint density at radius 3 is 2.52 bits per heavy atom. The van der Waals surface area contributed by atoms with Crippen molar-refractivity contribution < 1.29 is 9.59 Å². The third-order valence-corrected chi connectivity index (χ3v) is 5.59. The Balaban J connectivity index is 1.58. The molecule has 1 aliphatic rings. The molecule has 1 aliphatic carbocycles. The van der Waals surface area contributed by atoms with Gasteiger partial charge < -0.3 is 16.0 Å². The van der Waals surface area contributed by atoms with E-state index in [1.54, 1.807) is 18.2 Å². The van der Waals surface area contributed by atoms with E-state index in [2.05, 4.69) is 16.0 Å². The molecule has 0 saturated heterocycles. The van der Waals surface area contributed by atoms with Gasteiger partial charge in [-0.25, -0.2) is 0 Å². The topological polar surface area (TPSA) is 70.2 Å². The molecular formula is C23H28ClN3O2. The van der Waals surface area contributed by atoms with E-state index in [1.165, 1.54) is 6.42 Å². The Morgan fingerprint density at radius 2 is 1.79 bits per heavy atom. The number of carbonyl (C=O) groups is 2. The Hall–Kier alpha value is -2.53. The van der Waals surface area contributed by atoms with Crippen molar-refractivity contribution in [1.29, 1.82) is 0 Å². The molecule has 0 aromatic heterocycles. The van der Waals surface area contributed by atoms with Crippen LogP contribution in [0.4, 0.5) is 11.4 Å². The molecule has 0 aliphatic heterocycles. The average Bonchev–Trinajstić information content (AvgIpc) is 2.70. The predicted octanol–water partition coefficient (Wildman–Crippen LogP) is 5.07. The standard InChI is InChI=1S/C23H28ClN3O2/c1-15-8-11-21(16(2)12-15)27-22(28)14-25-18-9-10-20(24)19(13-18)23(29)26-17-6-4-3-5-7-17/h8-13,17,25H,3-7,14H2,1-2H3,(H,26,29)(H,27,28).